The molecule has 6 rings (SSSR count). The monoisotopic (exact) mass is 533 g/mol. The van der Waals surface area contributed by atoms with Crippen molar-refractivity contribution in [3.8, 4) is 0 Å². The number of carbonyl (C=O) groups excluding carboxylic acids is 2. The molecule has 1 unspecified atom stereocenters. The number of fused-ring (bicyclic) bond motifs is 2. The van der Waals surface area contributed by atoms with Crippen molar-refractivity contribution in [3.63, 3.8) is 0 Å². The number of anilines is 2. The van der Waals surface area contributed by atoms with Gasteiger partial charge in [-0.2, -0.15) is 0 Å². The summed E-state index contributed by atoms with van der Waals surface area (Å²) in [6.07, 6.45) is -1.37. The number of para-hydroxylation sites is 3. The number of nitrogens with zero attached hydrogens (tertiary/aromatic N) is 3. The summed E-state index contributed by atoms with van der Waals surface area (Å²) < 4.78 is 21.0. The van der Waals surface area contributed by atoms with Gasteiger partial charge in [0.1, 0.15) is 17.9 Å². The zero-order valence-corrected chi connectivity index (χ0v) is 21.5. The number of urea groups is 1. The summed E-state index contributed by atoms with van der Waals surface area (Å²) in [5, 5.41) is 5.72. The fourth-order valence-corrected chi connectivity index (χ4v) is 4.65. The minimum Gasteiger partial charge on any atom is -0.439 e. The molecular weight excluding hydrogens is 509 g/mol. The largest absolute Gasteiger partial charge is 0.439 e. The van der Waals surface area contributed by atoms with E-state index in [0.717, 1.165) is 5.56 Å². The van der Waals surface area contributed by atoms with E-state index in [0.29, 0.717) is 28.0 Å². The first-order valence-electron chi connectivity index (χ1n) is 12.7. The van der Waals surface area contributed by atoms with E-state index in [9.17, 15) is 9.59 Å². The van der Waals surface area contributed by atoms with Crippen LogP contribution in [0.5, 0.6) is 0 Å². The Morgan fingerprint density at radius 3 is 2.52 bits per heavy atom. The van der Waals surface area contributed by atoms with Gasteiger partial charge in [0, 0.05) is 16.8 Å². The van der Waals surface area contributed by atoms with E-state index in [1.807, 2.05) is 37.3 Å². The van der Waals surface area contributed by atoms with Crippen LogP contribution >= 0.6 is 0 Å². The minimum atomic E-state index is -1.37. The number of aliphatic imine (C=N–C) groups is 1. The molecule has 40 heavy (non-hydrogen) atoms. The third kappa shape index (κ3) is 4.92. The second-order valence-corrected chi connectivity index (χ2v) is 9.37. The van der Waals surface area contributed by atoms with Crippen molar-refractivity contribution in [2.24, 2.45) is 4.99 Å². The number of oxazole rings is 1. The zero-order valence-electron chi connectivity index (χ0n) is 21.5. The molecule has 1 aliphatic rings. The van der Waals surface area contributed by atoms with E-state index in [1.54, 1.807) is 60.7 Å². The maximum Gasteiger partial charge on any atom is 0.324 e. The Bertz CT molecular complexity index is 1750. The van der Waals surface area contributed by atoms with Crippen LogP contribution in [0, 0.1) is 12.7 Å². The van der Waals surface area contributed by atoms with E-state index < -0.39 is 23.9 Å². The van der Waals surface area contributed by atoms with Crippen LogP contribution in [0.1, 0.15) is 22.6 Å². The lowest BCUT2D eigenvalue weighted by Gasteiger charge is -2.27. The molecule has 2 N–H and O–H groups in total. The molecule has 1 atom stereocenters. The molecular formula is C31H24FN5O3. The van der Waals surface area contributed by atoms with Gasteiger partial charge in [0.2, 0.25) is 12.1 Å². The van der Waals surface area contributed by atoms with Crippen LogP contribution in [-0.4, -0.2) is 33.7 Å². The summed E-state index contributed by atoms with van der Waals surface area (Å²) in [4.78, 5) is 37.9. The van der Waals surface area contributed by atoms with Gasteiger partial charge in [0.25, 0.3) is 5.91 Å². The Kier molecular flexibility index (Phi) is 6.53. The number of halogens is 1. The van der Waals surface area contributed by atoms with Crippen molar-refractivity contribution in [2.45, 2.75) is 19.6 Å². The molecule has 0 saturated heterocycles. The van der Waals surface area contributed by atoms with Crippen molar-refractivity contribution in [1.82, 2.24) is 9.88 Å². The van der Waals surface area contributed by atoms with E-state index in [1.165, 1.54) is 11.0 Å². The summed E-state index contributed by atoms with van der Waals surface area (Å²) in [5.74, 6) is -0.842. The second-order valence-electron chi connectivity index (χ2n) is 9.37. The number of hydrogen-bond donors (Lipinski definition) is 2. The maximum atomic E-state index is 15.1. The molecule has 5 aromatic rings. The van der Waals surface area contributed by atoms with Crippen molar-refractivity contribution >= 4 is 40.1 Å². The lowest BCUT2D eigenvalue weighted by molar-refractivity contribution is -0.120. The van der Waals surface area contributed by atoms with Gasteiger partial charge in [-0.15, -0.1) is 0 Å². The SMILES string of the molecule is Cc1cccc(NC(=O)N(Cc2nc3ccccc3o2)C2N=C(c3ccccc3F)c3ccccc3NC2=O)c1. The topological polar surface area (TPSA) is 99.8 Å². The van der Waals surface area contributed by atoms with Crippen LogP contribution in [0.15, 0.2) is 106 Å². The molecule has 0 saturated carbocycles. The Labute approximate surface area is 229 Å². The van der Waals surface area contributed by atoms with Crippen molar-refractivity contribution in [3.05, 3.63) is 125 Å². The van der Waals surface area contributed by atoms with Gasteiger partial charge in [-0.3, -0.25) is 9.69 Å². The van der Waals surface area contributed by atoms with Gasteiger partial charge in [-0.25, -0.2) is 19.2 Å². The average molecular weight is 534 g/mol. The summed E-state index contributed by atoms with van der Waals surface area (Å²) in [6, 6.07) is 27.1. The molecule has 0 spiro atoms. The van der Waals surface area contributed by atoms with Crippen molar-refractivity contribution in [1.29, 1.82) is 0 Å². The number of rotatable bonds is 5. The minimum absolute atomic E-state index is 0.172. The van der Waals surface area contributed by atoms with Crippen molar-refractivity contribution < 1.29 is 18.4 Å². The van der Waals surface area contributed by atoms with Gasteiger partial charge in [0.05, 0.1) is 11.4 Å². The highest BCUT2D eigenvalue weighted by Gasteiger charge is 2.35. The maximum absolute atomic E-state index is 15.1. The molecule has 0 bridgehead atoms. The smallest absolute Gasteiger partial charge is 0.324 e. The van der Waals surface area contributed by atoms with Gasteiger partial charge >= 0.3 is 6.03 Å². The molecule has 1 aromatic heterocycles. The second kappa shape index (κ2) is 10.5. The predicted molar refractivity (Wildman–Crippen MR) is 151 cm³/mol. The summed E-state index contributed by atoms with van der Waals surface area (Å²) >= 11 is 0. The van der Waals surface area contributed by atoms with E-state index >= 15 is 4.39 Å². The van der Waals surface area contributed by atoms with Gasteiger partial charge < -0.3 is 15.1 Å². The number of benzene rings is 4. The van der Waals surface area contributed by atoms with Gasteiger partial charge in [0.15, 0.2) is 5.58 Å². The normalized spacial score (nSPS) is 14.6. The van der Waals surface area contributed by atoms with Crippen LogP contribution in [0.4, 0.5) is 20.6 Å². The van der Waals surface area contributed by atoms with Crippen LogP contribution in [0.25, 0.3) is 11.1 Å². The molecule has 9 heteroatoms. The molecule has 0 radical (unpaired) electrons. The van der Waals surface area contributed by atoms with Gasteiger partial charge in [-0.05, 0) is 55.0 Å². The van der Waals surface area contributed by atoms with Crippen LogP contribution in [-0.2, 0) is 11.3 Å². The Morgan fingerprint density at radius 2 is 1.73 bits per heavy atom. The molecule has 0 fully saturated rings. The third-order valence-corrected chi connectivity index (χ3v) is 6.52. The number of hydrogen-bond acceptors (Lipinski definition) is 5. The van der Waals surface area contributed by atoms with Crippen LogP contribution in [0.2, 0.25) is 0 Å². The lowest BCUT2D eigenvalue weighted by Crippen LogP contribution is -2.47. The highest BCUT2D eigenvalue weighted by atomic mass is 19.1. The standard InChI is InChI=1S/C31H24FN5O3/c1-19-9-8-10-20(17-19)33-31(39)37(18-27-34-25-15-6-7-16-26(25)40-27)29-30(38)35-24-14-5-3-12-22(24)28(36-29)21-11-2-4-13-23(21)32/h2-17,29H,18H2,1H3,(H,33,39)(H,35,38). The number of carbonyl (C=O) groups is 2. The highest BCUT2D eigenvalue weighted by Crippen LogP contribution is 2.28. The van der Waals surface area contributed by atoms with Gasteiger partial charge in [-0.1, -0.05) is 54.6 Å². The average Bonchev–Trinajstić information content (AvgIpc) is 3.30. The summed E-state index contributed by atoms with van der Waals surface area (Å²) in [5.41, 5.74) is 4.09. The van der Waals surface area contributed by atoms with E-state index in [-0.39, 0.29) is 23.7 Å². The number of aryl methyl sites for hydroxylation is 1. The fourth-order valence-electron chi connectivity index (χ4n) is 4.65. The number of aromatic nitrogens is 1. The molecule has 8 nitrogen and oxygen atoms in total. The lowest BCUT2D eigenvalue weighted by atomic mass is 10.0. The highest BCUT2D eigenvalue weighted by molar-refractivity contribution is 6.20. The first-order valence-corrected chi connectivity index (χ1v) is 12.7. The molecule has 198 valence electrons. The van der Waals surface area contributed by atoms with Crippen LogP contribution in [0.3, 0.4) is 0 Å². The number of nitrogens with one attached hydrogen (secondary N) is 2. The molecule has 1 aliphatic heterocycles. The summed E-state index contributed by atoms with van der Waals surface area (Å²) in [7, 11) is 0. The first-order chi connectivity index (χ1) is 19.5. The summed E-state index contributed by atoms with van der Waals surface area (Å²) in [6.45, 7) is 1.74. The molecule has 0 aliphatic carbocycles. The first kappa shape index (κ1) is 25.0. The Morgan fingerprint density at radius 1 is 0.975 bits per heavy atom. The molecule has 3 amide bonds. The van der Waals surface area contributed by atoms with E-state index in [4.69, 9.17) is 9.41 Å². The third-order valence-electron chi connectivity index (χ3n) is 6.52. The van der Waals surface area contributed by atoms with Crippen molar-refractivity contribution in [2.75, 3.05) is 10.6 Å². The zero-order chi connectivity index (χ0) is 27.6. The number of amides is 3. The predicted octanol–water partition coefficient (Wildman–Crippen LogP) is 6.13. The molecule has 4 aromatic carbocycles. The van der Waals surface area contributed by atoms with E-state index in [2.05, 4.69) is 15.6 Å². The fraction of sp³-hybridized carbons (Fsp3) is 0.0968. The quantitative estimate of drug-likeness (QED) is 0.284. The molecule has 2 heterocycles. The van der Waals surface area contributed by atoms with Crippen LogP contribution < -0.4 is 10.6 Å². The Balaban J connectivity index is 1.47. The Hall–Kier alpha value is -5.31. The number of benzodiazepines with no additional fused rings is 1.